The van der Waals surface area contributed by atoms with Gasteiger partial charge in [0.1, 0.15) is 5.60 Å². The van der Waals surface area contributed by atoms with Crippen molar-refractivity contribution in [1.82, 2.24) is 20.5 Å². The fourth-order valence-corrected chi connectivity index (χ4v) is 2.24. The number of nitrogens with one attached hydrogen (secondary N) is 3. The van der Waals surface area contributed by atoms with Crippen LogP contribution < -0.4 is 16.0 Å². The van der Waals surface area contributed by atoms with E-state index in [1.807, 2.05) is 20.8 Å². The minimum Gasteiger partial charge on any atom is -0.444 e. The molecule has 142 valence electrons. The summed E-state index contributed by atoms with van der Waals surface area (Å²) in [7, 11) is 1.62. The maximum atomic E-state index is 11.9. The maximum absolute atomic E-state index is 11.9. The van der Waals surface area contributed by atoms with Gasteiger partial charge in [-0.2, -0.15) is 0 Å². The lowest BCUT2D eigenvalue weighted by atomic mass is 10.1. The smallest absolute Gasteiger partial charge is 0.410 e. The first-order valence-electron chi connectivity index (χ1n) is 8.42. The Morgan fingerprint density at radius 2 is 2.12 bits per heavy atom. The minimum absolute atomic E-state index is 0.0649. The molecule has 0 saturated carbocycles. The standard InChI is InChI=1S/C17H26N6O3/c1-17(2,3)26-16(25)23-10-13(11-23)22-15(18-4)20-9-14(24)21-12-6-5-7-19-8-12/h5-8,13H,9-11H2,1-4H3,(H,21,24)(H2,18,20,22). The molecule has 9 nitrogen and oxygen atoms in total. The second kappa shape index (κ2) is 8.50. The number of aromatic nitrogens is 1. The third kappa shape index (κ3) is 6.23. The molecule has 0 bridgehead atoms. The van der Waals surface area contributed by atoms with Gasteiger partial charge in [0.05, 0.1) is 24.5 Å². The van der Waals surface area contributed by atoms with Crippen molar-refractivity contribution < 1.29 is 14.3 Å². The number of rotatable bonds is 4. The van der Waals surface area contributed by atoms with E-state index in [9.17, 15) is 9.59 Å². The van der Waals surface area contributed by atoms with Crippen LogP contribution in [0.4, 0.5) is 10.5 Å². The SMILES string of the molecule is CN=C(NCC(=O)Nc1cccnc1)NC1CN(C(=O)OC(C)(C)C)C1. The van der Waals surface area contributed by atoms with Gasteiger partial charge in [-0.05, 0) is 32.9 Å². The molecular weight excluding hydrogens is 336 g/mol. The van der Waals surface area contributed by atoms with Gasteiger partial charge >= 0.3 is 6.09 Å². The molecule has 0 unspecified atom stereocenters. The number of amides is 2. The van der Waals surface area contributed by atoms with Gasteiger partial charge < -0.3 is 25.6 Å². The lowest BCUT2D eigenvalue weighted by Crippen LogP contribution is -2.63. The molecule has 1 fully saturated rings. The minimum atomic E-state index is -0.505. The van der Waals surface area contributed by atoms with Gasteiger partial charge in [0.15, 0.2) is 5.96 Å². The summed E-state index contributed by atoms with van der Waals surface area (Å²) in [6.45, 7) is 6.63. The van der Waals surface area contributed by atoms with Crippen LogP contribution >= 0.6 is 0 Å². The Hall–Kier alpha value is -2.84. The van der Waals surface area contributed by atoms with Crippen molar-refractivity contribution in [2.45, 2.75) is 32.4 Å². The van der Waals surface area contributed by atoms with Crippen molar-refractivity contribution in [3.8, 4) is 0 Å². The molecule has 2 heterocycles. The first kappa shape index (κ1) is 19.5. The number of hydrogen-bond acceptors (Lipinski definition) is 5. The molecule has 0 aliphatic carbocycles. The Bertz CT molecular complexity index is 650. The summed E-state index contributed by atoms with van der Waals surface area (Å²) in [6, 6.07) is 3.57. The Morgan fingerprint density at radius 1 is 1.38 bits per heavy atom. The van der Waals surface area contributed by atoms with Crippen molar-refractivity contribution in [2.75, 3.05) is 32.0 Å². The average molecular weight is 362 g/mol. The number of nitrogens with zero attached hydrogens (tertiary/aromatic N) is 3. The van der Waals surface area contributed by atoms with E-state index >= 15 is 0 Å². The average Bonchev–Trinajstić information content (AvgIpc) is 2.52. The largest absolute Gasteiger partial charge is 0.444 e. The number of anilines is 1. The molecule has 0 atom stereocenters. The zero-order chi connectivity index (χ0) is 19.2. The molecule has 0 aromatic carbocycles. The first-order valence-corrected chi connectivity index (χ1v) is 8.42. The fourth-order valence-electron chi connectivity index (χ4n) is 2.24. The molecule has 3 N–H and O–H groups in total. The van der Waals surface area contributed by atoms with E-state index in [1.165, 1.54) is 0 Å². The highest BCUT2D eigenvalue weighted by molar-refractivity contribution is 5.94. The Kier molecular flexibility index (Phi) is 6.37. The number of aliphatic imine (C=N–C) groups is 1. The zero-order valence-corrected chi connectivity index (χ0v) is 15.6. The molecule has 1 aromatic heterocycles. The number of carbonyl (C=O) groups excluding carboxylic acids is 2. The van der Waals surface area contributed by atoms with Crippen LogP contribution in [0.1, 0.15) is 20.8 Å². The number of ether oxygens (including phenoxy) is 1. The van der Waals surface area contributed by atoms with Gasteiger partial charge in [-0.15, -0.1) is 0 Å². The molecule has 2 amide bonds. The monoisotopic (exact) mass is 362 g/mol. The van der Waals surface area contributed by atoms with Gasteiger partial charge in [-0.1, -0.05) is 0 Å². The normalized spacial score (nSPS) is 15.1. The molecule has 1 saturated heterocycles. The van der Waals surface area contributed by atoms with Crippen LogP contribution in [-0.4, -0.2) is 66.2 Å². The predicted octanol–water partition coefficient (Wildman–Crippen LogP) is 0.804. The number of likely N-dealkylation sites (tertiary alicyclic amines) is 1. The summed E-state index contributed by atoms with van der Waals surface area (Å²) in [6.07, 6.45) is 2.89. The van der Waals surface area contributed by atoms with Crippen LogP contribution in [0, 0.1) is 0 Å². The summed E-state index contributed by atoms with van der Waals surface area (Å²) >= 11 is 0. The topological polar surface area (TPSA) is 108 Å². The molecule has 1 aliphatic rings. The second-order valence-corrected chi connectivity index (χ2v) is 6.94. The van der Waals surface area contributed by atoms with Crippen molar-refractivity contribution in [3.05, 3.63) is 24.5 Å². The van der Waals surface area contributed by atoms with Crippen LogP contribution in [0.25, 0.3) is 0 Å². The fraction of sp³-hybridized carbons (Fsp3) is 0.529. The predicted molar refractivity (Wildman–Crippen MR) is 99.0 cm³/mol. The van der Waals surface area contributed by atoms with Crippen LogP contribution in [-0.2, 0) is 9.53 Å². The Morgan fingerprint density at radius 3 is 2.69 bits per heavy atom. The van der Waals surface area contributed by atoms with E-state index in [-0.39, 0.29) is 24.6 Å². The van der Waals surface area contributed by atoms with E-state index in [1.54, 1.807) is 36.5 Å². The number of pyridine rings is 1. The molecule has 1 aliphatic heterocycles. The van der Waals surface area contributed by atoms with Crippen LogP contribution in [0.3, 0.4) is 0 Å². The highest BCUT2D eigenvalue weighted by Gasteiger charge is 2.34. The molecular formula is C17H26N6O3. The lowest BCUT2D eigenvalue weighted by Gasteiger charge is -2.40. The summed E-state index contributed by atoms with van der Waals surface area (Å²) in [5.74, 6) is 0.296. The van der Waals surface area contributed by atoms with Crippen molar-refractivity contribution >= 4 is 23.6 Å². The maximum Gasteiger partial charge on any atom is 0.410 e. The lowest BCUT2D eigenvalue weighted by molar-refractivity contribution is -0.115. The van der Waals surface area contributed by atoms with Crippen molar-refractivity contribution in [1.29, 1.82) is 0 Å². The third-order valence-electron chi connectivity index (χ3n) is 3.46. The van der Waals surface area contributed by atoms with E-state index in [0.717, 1.165) is 0 Å². The highest BCUT2D eigenvalue weighted by atomic mass is 16.6. The van der Waals surface area contributed by atoms with E-state index in [0.29, 0.717) is 24.7 Å². The molecule has 9 heteroatoms. The van der Waals surface area contributed by atoms with Crippen LogP contribution in [0.15, 0.2) is 29.5 Å². The van der Waals surface area contributed by atoms with Crippen molar-refractivity contribution in [2.24, 2.45) is 4.99 Å². The molecule has 0 spiro atoms. The van der Waals surface area contributed by atoms with E-state index in [4.69, 9.17) is 4.74 Å². The van der Waals surface area contributed by atoms with Gasteiger partial charge in [-0.25, -0.2) is 4.79 Å². The Labute approximate surface area is 153 Å². The van der Waals surface area contributed by atoms with Crippen molar-refractivity contribution in [3.63, 3.8) is 0 Å². The summed E-state index contributed by atoms with van der Waals surface area (Å²) in [5, 5.41) is 8.84. The van der Waals surface area contributed by atoms with Crippen LogP contribution in [0.2, 0.25) is 0 Å². The highest BCUT2D eigenvalue weighted by Crippen LogP contribution is 2.15. The Balaban J connectivity index is 1.69. The van der Waals surface area contributed by atoms with E-state index in [2.05, 4.69) is 25.9 Å². The second-order valence-electron chi connectivity index (χ2n) is 6.94. The van der Waals surface area contributed by atoms with Gasteiger partial charge in [0, 0.05) is 26.3 Å². The number of hydrogen-bond donors (Lipinski definition) is 3. The zero-order valence-electron chi connectivity index (χ0n) is 15.6. The first-order chi connectivity index (χ1) is 12.3. The quantitative estimate of drug-likeness (QED) is 0.540. The number of carbonyl (C=O) groups is 2. The molecule has 0 radical (unpaired) electrons. The molecule has 26 heavy (non-hydrogen) atoms. The molecule has 1 aromatic rings. The van der Waals surface area contributed by atoms with Gasteiger partial charge in [0.25, 0.3) is 0 Å². The van der Waals surface area contributed by atoms with Crippen LogP contribution in [0.5, 0.6) is 0 Å². The summed E-state index contributed by atoms with van der Waals surface area (Å²) < 4.78 is 5.31. The van der Waals surface area contributed by atoms with E-state index < -0.39 is 5.60 Å². The summed E-state index contributed by atoms with van der Waals surface area (Å²) in [5.41, 5.74) is 0.128. The number of guanidine groups is 1. The third-order valence-corrected chi connectivity index (χ3v) is 3.46. The molecule has 2 rings (SSSR count). The summed E-state index contributed by atoms with van der Waals surface area (Å²) in [4.78, 5) is 33.5. The van der Waals surface area contributed by atoms with Gasteiger partial charge in [0.2, 0.25) is 5.91 Å². The van der Waals surface area contributed by atoms with Gasteiger partial charge in [-0.3, -0.25) is 14.8 Å².